The quantitative estimate of drug-likeness (QED) is 0.764. The van der Waals surface area contributed by atoms with Crippen molar-refractivity contribution in [3.63, 3.8) is 0 Å². The van der Waals surface area contributed by atoms with Crippen LogP contribution in [0.3, 0.4) is 0 Å². The Hall–Kier alpha value is -1.81. The minimum Gasteiger partial charge on any atom is -0.508 e. The molecule has 4 nitrogen and oxygen atoms in total. The Kier molecular flexibility index (Phi) is 3.22. The van der Waals surface area contributed by atoms with Crippen molar-refractivity contribution in [2.75, 3.05) is 20.2 Å². The van der Waals surface area contributed by atoms with Gasteiger partial charge in [-0.15, -0.1) is 0 Å². The van der Waals surface area contributed by atoms with Crippen molar-refractivity contribution >= 4 is 10.8 Å². The highest BCUT2D eigenvalue weighted by atomic mass is 16.5. The van der Waals surface area contributed by atoms with Gasteiger partial charge in [0.15, 0.2) is 0 Å². The van der Waals surface area contributed by atoms with Crippen LogP contribution in [0, 0.1) is 0 Å². The molecule has 2 rings (SSSR count). The second kappa shape index (κ2) is 4.81. The van der Waals surface area contributed by atoms with Crippen molar-refractivity contribution in [2.45, 2.75) is 0 Å². The summed E-state index contributed by atoms with van der Waals surface area (Å²) in [5.41, 5.74) is 0. The zero-order chi connectivity index (χ0) is 11.4. The summed E-state index contributed by atoms with van der Waals surface area (Å²) in [6, 6.07) is 7.05. The van der Waals surface area contributed by atoms with Crippen molar-refractivity contribution in [2.24, 2.45) is 0 Å². The second-order valence-electron chi connectivity index (χ2n) is 3.47. The molecule has 0 unspecified atom stereocenters. The molecule has 0 atom stereocenters. The molecule has 0 aliphatic carbocycles. The van der Waals surface area contributed by atoms with Crippen LogP contribution in [0.25, 0.3) is 10.8 Å². The summed E-state index contributed by atoms with van der Waals surface area (Å²) in [6.07, 6.45) is 1.70. The van der Waals surface area contributed by atoms with E-state index < -0.39 is 0 Å². The number of benzene rings is 1. The molecule has 1 aromatic heterocycles. The number of nitrogens with one attached hydrogen (secondary N) is 1. The number of hydrogen-bond acceptors (Lipinski definition) is 4. The summed E-state index contributed by atoms with van der Waals surface area (Å²) in [5, 5.41) is 14.3. The van der Waals surface area contributed by atoms with Gasteiger partial charge in [0.25, 0.3) is 0 Å². The Labute approximate surface area is 93.9 Å². The number of rotatable bonds is 4. The number of pyridine rings is 1. The van der Waals surface area contributed by atoms with Crippen molar-refractivity contribution in [3.8, 4) is 11.6 Å². The summed E-state index contributed by atoms with van der Waals surface area (Å²) in [4.78, 5) is 4.16. The fourth-order valence-electron chi connectivity index (χ4n) is 1.49. The van der Waals surface area contributed by atoms with E-state index in [9.17, 15) is 5.11 Å². The van der Waals surface area contributed by atoms with Crippen LogP contribution in [-0.2, 0) is 0 Å². The highest BCUT2D eigenvalue weighted by Crippen LogP contribution is 2.26. The van der Waals surface area contributed by atoms with Crippen LogP contribution in [0.4, 0.5) is 0 Å². The first-order valence-electron chi connectivity index (χ1n) is 5.16. The van der Waals surface area contributed by atoms with Gasteiger partial charge in [0.2, 0.25) is 5.88 Å². The molecule has 2 aromatic rings. The predicted molar refractivity (Wildman–Crippen MR) is 62.8 cm³/mol. The van der Waals surface area contributed by atoms with Gasteiger partial charge in [0, 0.05) is 18.1 Å². The monoisotopic (exact) mass is 218 g/mol. The lowest BCUT2D eigenvalue weighted by atomic mass is 10.1. The summed E-state index contributed by atoms with van der Waals surface area (Å²) in [5.74, 6) is 0.780. The number of fused-ring (bicyclic) bond motifs is 1. The molecule has 0 aliphatic heterocycles. The number of aromatic hydroxyl groups is 1. The van der Waals surface area contributed by atoms with Gasteiger partial charge in [0.1, 0.15) is 12.4 Å². The molecule has 84 valence electrons. The highest BCUT2D eigenvalue weighted by molar-refractivity contribution is 5.87. The number of phenols is 1. The Morgan fingerprint density at radius 1 is 1.38 bits per heavy atom. The predicted octanol–water partition coefficient (Wildman–Crippen LogP) is 1.54. The van der Waals surface area contributed by atoms with Crippen LogP contribution < -0.4 is 10.1 Å². The van der Waals surface area contributed by atoms with Crippen molar-refractivity contribution < 1.29 is 9.84 Å². The van der Waals surface area contributed by atoms with E-state index in [2.05, 4.69) is 10.3 Å². The third kappa shape index (κ3) is 2.23. The molecule has 2 N–H and O–H groups in total. The maximum atomic E-state index is 9.43. The lowest BCUT2D eigenvalue weighted by Crippen LogP contribution is -2.16. The lowest BCUT2D eigenvalue weighted by Gasteiger charge is -2.07. The minimum atomic E-state index is 0.221. The minimum absolute atomic E-state index is 0.221. The maximum Gasteiger partial charge on any atom is 0.221 e. The van der Waals surface area contributed by atoms with Gasteiger partial charge in [0.05, 0.1) is 0 Å². The molecule has 0 spiro atoms. The first-order valence-corrected chi connectivity index (χ1v) is 5.16. The molecule has 1 heterocycles. The average Bonchev–Trinajstić information content (AvgIpc) is 2.30. The molecule has 1 aromatic carbocycles. The molecule has 0 bridgehead atoms. The SMILES string of the molecule is CNCCOc1nccc2ccc(O)cc12. The normalized spacial score (nSPS) is 10.6. The van der Waals surface area contributed by atoms with Crippen LogP contribution in [0.1, 0.15) is 0 Å². The Bertz CT molecular complexity index is 485. The molecule has 0 saturated carbocycles. The van der Waals surface area contributed by atoms with Crippen LogP contribution in [0.2, 0.25) is 0 Å². The largest absolute Gasteiger partial charge is 0.508 e. The number of nitrogens with zero attached hydrogens (tertiary/aromatic N) is 1. The molecule has 0 radical (unpaired) electrons. The molecule has 0 amide bonds. The van der Waals surface area contributed by atoms with Gasteiger partial charge in [-0.3, -0.25) is 0 Å². The Morgan fingerprint density at radius 2 is 2.25 bits per heavy atom. The van der Waals surface area contributed by atoms with Gasteiger partial charge in [-0.1, -0.05) is 6.07 Å². The smallest absolute Gasteiger partial charge is 0.221 e. The third-order valence-corrected chi connectivity index (χ3v) is 2.30. The summed E-state index contributed by atoms with van der Waals surface area (Å²) >= 11 is 0. The number of likely N-dealkylation sites (N-methyl/N-ethyl adjacent to an activating group) is 1. The van der Waals surface area contributed by atoms with Gasteiger partial charge >= 0.3 is 0 Å². The number of aromatic nitrogens is 1. The summed E-state index contributed by atoms with van der Waals surface area (Å²) < 4.78 is 5.53. The molecule has 0 aliphatic rings. The van der Waals surface area contributed by atoms with Gasteiger partial charge in [-0.25, -0.2) is 4.98 Å². The van der Waals surface area contributed by atoms with Crippen molar-refractivity contribution in [1.82, 2.24) is 10.3 Å². The summed E-state index contributed by atoms with van der Waals surface area (Å²) in [6.45, 7) is 1.31. The molecular formula is C12H14N2O2. The van der Waals surface area contributed by atoms with Gasteiger partial charge < -0.3 is 15.2 Å². The number of ether oxygens (including phenoxy) is 1. The van der Waals surface area contributed by atoms with Gasteiger partial charge in [-0.2, -0.15) is 0 Å². The number of hydrogen-bond donors (Lipinski definition) is 2. The second-order valence-corrected chi connectivity index (χ2v) is 3.47. The average molecular weight is 218 g/mol. The fourth-order valence-corrected chi connectivity index (χ4v) is 1.49. The van der Waals surface area contributed by atoms with E-state index in [0.29, 0.717) is 12.5 Å². The maximum absolute atomic E-state index is 9.43. The lowest BCUT2D eigenvalue weighted by molar-refractivity contribution is 0.310. The van der Waals surface area contributed by atoms with Crippen LogP contribution in [0.15, 0.2) is 30.5 Å². The Morgan fingerprint density at radius 3 is 3.06 bits per heavy atom. The van der Waals surface area contributed by atoms with Crippen LogP contribution in [0.5, 0.6) is 11.6 Å². The van der Waals surface area contributed by atoms with Crippen molar-refractivity contribution in [3.05, 3.63) is 30.5 Å². The van der Waals surface area contributed by atoms with E-state index in [-0.39, 0.29) is 5.75 Å². The third-order valence-electron chi connectivity index (χ3n) is 2.30. The van der Waals surface area contributed by atoms with E-state index in [4.69, 9.17) is 4.74 Å². The van der Waals surface area contributed by atoms with Crippen molar-refractivity contribution in [1.29, 1.82) is 0 Å². The van der Waals surface area contributed by atoms with Crippen LogP contribution >= 0.6 is 0 Å². The summed E-state index contributed by atoms with van der Waals surface area (Å²) in [7, 11) is 1.87. The zero-order valence-corrected chi connectivity index (χ0v) is 9.10. The molecule has 16 heavy (non-hydrogen) atoms. The highest BCUT2D eigenvalue weighted by Gasteiger charge is 2.03. The molecular weight excluding hydrogens is 204 g/mol. The van der Waals surface area contributed by atoms with Gasteiger partial charge in [-0.05, 0) is 30.6 Å². The fraction of sp³-hybridized carbons (Fsp3) is 0.250. The zero-order valence-electron chi connectivity index (χ0n) is 9.10. The van der Waals surface area contributed by atoms with E-state index in [1.54, 1.807) is 18.3 Å². The van der Waals surface area contributed by atoms with E-state index in [0.717, 1.165) is 17.3 Å². The topological polar surface area (TPSA) is 54.4 Å². The first kappa shape index (κ1) is 10.7. The standard InChI is InChI=1S/C12H14N2O2/c1-13-6-7-16-12-11-8-10(15)3-2-9(11)4-5-14-12/h2-5,8,13,15H,6-7H2,1H3. The molecule has 0 saturated heterocycles. The van der Waals surface area contributed by atoms with E-state index >= 15 is 0 Å². The number of phenolic OH excluding ortho intramolecular Hbond substituents is 1. The molecule has 4 heteroatoms. The van der Waals surface area contributed by atoms with Crippen LogP contribution in [-0.4, -0.2) is 30.3 Å². The molecule has 0 fully saturated rings. The van der Waals surface area contributed by atoms with E-state index in [1.807, 2.05) is 19.2 Å². The first-order chi connectivity index (χ1) is 7.81. The Balaban J connectivity index is 2.32. The van der Waals surface area contributed by atoms with E-state index in [1.165, 1.54) is 0 Å².